The highest BCUT2D eigenvalue weighted by molar-refractivity contribution is 5.93. The summed E-state index contributed by atoms with van der Waals surface area (Å²) in [6.07, 6.45) is 1.54. The minimum atomic E-state index is -0.198. The summed E-state index contributed by atoms with van der Waals surface area (Å²) >= 11 is 0. The Kier molecular flexibility index (Phi) is 4.86. The van der Waals surface area contributed by atoms with Crippen LogP contribution in [0.15, 0.2) is 18.3 Å². The first-order valence-electron chi connectivity index (χ1n) is 5.41. The van der Waals surface area contributed by atoms with Gasteiger partial charge in [-0.15, -0.1) is 0 Å². The third-order valence-corrected chi connectivity index (χ3v) is 2.18. The topological polar surface area (TPSA) is 83.3 Å². The number of aromatic nitrogens is 1. The van der Waals surface area contributed by atoms with Gasteiger partial charge in [-0.25, -0.2) is 0 Å². The smallest absolute Gasteiger partial charge is 0.270 e. The quantitative estimate of drug-likeness (QED) is 0.498. The lowest BCUT2D eigenvalue weighted by atomic mass is 10.2. The molecule has 0 aromatic carbocycles. The van der Waals surface area contributed by atoms with Crippen LogP contribution in [0.2, 0.25) is 0 Å². The molecule has 0 fully saturated rings. The first-order chi connectivity index (χ1) is 8.02. The Hall–Kier alpha value is -1.66. The standard InChI is InChI=1S/C11H19N5O/c1-8(7-16(2)3)14-11(17)10-6-9(15-12)4-5-13-10/h4-6,8H,7,12H2,1-3H3,(H,13,15)(H,14,17). The fourth-order valence-corrected chi connectivity index (χ4v) is 1.54. The number of nitrogens with one attached hydrogen (secondary N) is 2. The van der Waals surface area contributed by atoms with Gasteiger partial charge in [0.1, 0.15) is 5.69 Å². The lowest BCUT2D eigenvalue weighted by Crippen LogP contribution is -2.39. The summed E-state index contributed by atoms with van der Waals surface area (Å²) < 4.78 is 0. The van der Waals surface area contributed by atoms with Crippen molar-refractivity contribution < 1.29 is 4.79 Å². The fourth-order valence-electron chi connectivity index (χ4n) is 1.54. The van der Waals surface area contributed by atoms with Crippen LogP contribution >= 0.6 is 0 Å². The van der Waals surface area contributed by atoms with Gasteiger partial charge in [-0.3, -0.25) is 15.6 Å². The zero-order chi connectivity index (χ0) is 12.8. The number of pyridine rings is 1. The number of hydrazine groups is 1. The molecule has 1 amide bonds. The predicted octanol–water partition coefficient (Wildman–Crippen LogP) is 0.0471. The van der Waals surface area contributed by atoms with E-state index in [4.69, 9.17) is 5.84 Å². The third kappa shape index (κ3) is 4.38. The average molecular weight is 237 g/mol. The Labute approximate surface area is 101 Å². The summed E-state index contributed by atoms with van der Waals surface area (Å²) in [5.74, 6) is 5.07. The summed E-state index contributed by atoms with van der Waals surface area (Å²) in [4.78, 5) is 17.9. The van der Waals surface area contributed by atoms with Gasteiger partial charge in [0.25, 0.3) is 5.91 Å². The van der Waals surface area contributed by atoms with Gasteiger partial charge >= 0.3 is 0 Å². The predicted molar refractivity (Wildman–Crippen MR) is 67.5 cm³/mol. The number of anilines is 1. The molecule has 94 valence electrons. The van der Waals surface area contributed by atoms with Crippen LogP contribution in [0, 0.1) is 0 Å². The molecule has 0 aliphatic carbocycles. The summed E-state index contributed by atoms with van der Waals surface area (Å²) in [5, 5.41) is 2.87. The molecule has 0 aliphatic heterocycles. The highest BCUT2D eigenvalue weighted by Gasteiger charge is 2.11. The molecule has 1 atom stereocenters. The average Bonchev–Trinajstić information content (AvgIpc) is 2.27. The van der Waals surface area contributed by atoms with Crippen LogP contribution in [-0.2, 0) is 0 Å². The molecule has 6 nitrogen and oxygen atoms in total. The summed E-state index contributed by atoms with van der Waals surface area (Å²) in [6, 6.07) is 3.37. The number of nitrogen functional groups attached to an aromatic ring is 1. The van der Waals surface area contributed by atoms with Crippen LogP contribution in [0.1, 0.15) is 17.4 Å². The van der Waals surface area contributed by atoms with Crippen LogP contribution in [0.25, 0.3) is 0 Å². The lowest BCUT2D eigenvalue weighted by Gasteiger charge is -2.18. The van der Waals surface area contributed by atoms with E-state index in [0.717, 1.165) is 6.54 Å². The van der Waals surface area contributed by atoms with Crippen molar-refractivity contribution in [3.05, 3.63) is 24.0 Å². The number of carbonyl (C=O) groups is 1. The van der Waals surface area contributed by atoms with Crippen molar-refractivity contribution in [1.29, 1.82) is 0 Å². The van der Waals surface area contributed by atoms with Gasteiger partial charge in [-0.05, 0) is 33.2 Å². The minimum absolute atomic E-state index is 0.0637. The van der Waals surface area contributed by atoms with Gasteiger partial charge in [0.15, 0.2) is 0 Å². The van der Waals surface area contributed by atoms with Crippen molar-refractivity contribution in [3.63, 3.8) is 0 Å². The van der Waals surface area contributed by atoms with E-state index in [9.17, 15) is 4.79 Å². The van der Waals surface area contributed by atoms with Gasteiger partial charge in [0.2, 0.25) is 0 Å². The van der Waals surface area contributed by atoms with Gasteiger partial charge in [-0.2, -0.15) is 0 Å². The van der Waals surface area contributed by atoms with Crippen LogP contribution < -0.4 is 16.6 Å². The molecule has 0 aliphatic rings. The van der Waals surface area contributed by atoms with E-state index in [1.807, 2.05) is 25.9 Å². The van der Waals surface area contributed by atoms with Crippen molar-refractivity contribution in [2.24, 2.45) is 5.84 Å². The second-order valence-electron chi connectivity index (χ2n) is 4.21. The van der Waals surface area contributed by atoms with Gasteiger partial charge in [-0.1, -0.05) is 0 Å². The van der Waals surface area contributed by atoms with E-state index in [1.165, 1.54) is 0 Å². The zero-order valence-electron chi connectivity index (χ0n) is 10.4. The van der Waals surface area contributed by atoms with E-state index in [-0.39, 0.29) is 11.9 Å². The monoisotopic (exact) mass is 237 g/mol. The number of nitrogens with two attached hydrogens (primary N) is 1. The van der Waals surface area contributed by atoms with Crippen molar-refractivity contribution >= 4 is 11.6 Å². The molecule has 0 bridgehead atoms. The van der Waals surface area contributed by atoms with Crippen molar-refractivity contribution in [2.75, 3.05) is 26.1 Å². The molecule has 1 rings (SSSR count). The van der Waals surface area contributed by atoms with Crippen LogP contribution in [-0.4, -0.2) is 42.5 Å². The van der Waals surface area contributed by atoms with E-state index >= 15 is 0 Å². The number of hydrogen-bond acceptors (Lipinski definition) is 5. The number of hydrogen-bond donors (Lipinski definition) is 3. The Morgan fingerprint density at radius 2 is 2.29 bits per heavy atom. The van der Waals surface area contributed by atoms with Gasteiger partial charge in [0.05, 0.1) is 5.69 Å². The molecular weight excluding hydrogens is 218 g/mol. The molecule has 1 heterocycles. The Morgan fingerprint density at radius 3 is 2.88 bits per heavy atom. The number of carbonyl (C=O) groups excluding carboxylic acids is 1. The lowest BCUT2D eigenvalue weighted by molar-refractivity contribution is 0.0929. The van der Waals surface area contributed by atoms with Gasteiger partial charge in [0, 0.05) is 18.8 Å². The number of rotatable bonds is 5. The Balaban J connectivity index is 2.63. The van der Waals surface area contributed by atoms with Gasteiger partial charge < -0.3 is 15.6 Å². The van der Waals surface area contributed by atoms with Crippen LogP contribution in [0.3, 0.4) is 0 Å². The maximum Gasteiger partial charge on any atom is 0.270 e. The molecular formula is C11H19N5O. The third-order valence-electron chi connectivity index (χ3n) is 2.18. The highest BCUT2D eigenvalue weighted by Crippen LogP contribution is 2.06. The molecule has 0 saturated heterocycles. The maximum atomic E-state index is 11.8. The molecule has 0 spiro atoms. The largest absolute Gasteiger partial charge is 0.347 e. The van der Waals surface area contributed by atoms with E-state index < -0.39 is 0 Å². The van der Waals surface area contributed by atoms with Crippen molar-refractivity contribution in [1.82, 2.24) is 15.2 Å². The van der Waals surface area contributed by atoms with E-state index in [1.54, 1.807) is 18.3 Å². The first kappa shape index (κ1) is 13.4. The normalized spacial score (nSPS) is 12.3. The van der Waals surface area contributed by atoms with Crippen molar-refractivity contribution in [2.45, 2.75) is 13.0 Å². The number of amides is 1. The first-order valence-corrected chi connectivity index (χ1v) is 5.41. The molecule has 6 heteroatoms. The van der Waals surface area contributed by atoms with E-state index in [0.29, 0.717) is 11.4 Å². The summed E-state index contributed by atoms with van der Waals surface area (Å²) in [5.41, 5.74) is 3.49. The summed E-state index contributed by atoms with van der Waals surface area (Å²) in [6.45, 7) is 2.73. The molecule has 0 saturated carbocycles. The minimum Gasteiger partial charge on any atom is -0.347 e. The molecule has 17 heavy (non-hydrogen) atoms. The number of nitrogens with zero attached hydrogens (tertiary/aromatic N) is 2. The maximum absolute atomic E-state index is 11.8. The molecule has 0 radical (unpaired) electrons. The van der Waals surface area contributed by atoms with Crippen molar-refractivity contribution in [3.8, 4) is 0 Å². The molecule has 1 unspecified atom stereocenters. The van der Waals surface area contributed by atoms with Crippen LogP contribution in [0.4, 0.5) is 5.69 Å². The molecule has 4 N–H and O–H groups in total. The SMILES string of the molecule is CC(CN(C)C)NC(=O)c1cc(NN)ccn1. The Bertz CT molecular complexity index is 380. The second kappa shape index (κ2) is 6.17. The molecule has 1 aromatic rings. The highest BCUT2D eigenvalue weighted by atomic mass is 16.1. The second-order valence-corrected chi connectivity index (χ2v) is 4.21. The number of likely N-dealkylation sites (N-methyl/N-ethyl adjacent to an activating group) is 1. The Morgan fingerprint density at radius 1 is 1.59 bits per heavy atom. The zero-order valence-corrected chi connectivity index (χ0v) is 10.4. The van der Waals surface area contributed by atoms with E-state index in [2.05, 4.69) is 15.7 Å². The van der Waals surface area contributed by atoms with Crippen LogP contribution in [0.5, 0.6) is 0 Å². The summed E-state index contributed by atoms with van der Waals surface area (Å²) in [7, 11) is 3.92. The fraction of sp³-hybridized carbons (Fsp3) is 0.455. The molecule has 1 aromatic heterocycles.